The third kappa shape index (κ3) is 5.71. The van der Waals surface area contributed by atoms with Crippen LogP contribution < -0.4 is 25.6 Å². The van der Waals surface area contributed by atoms with Crippen LogP contribution in [0.3, 0.4) is 0 Å². The van der Waals surface area contributed by atoms with Gasteiger partial charge in [-0.2, -0.15) is 0 Å². The summed E-state index contributed by atoms with van der Waals surface area (Å²) in [7, 11) is 0. The number of carbonyl (C=O) groups is 1. The van der Waals surface area contributed by atoms with E-state index in [2.05, 4.69) is 30.8 Å². The van der Waals surface area contributed by atoms with Crippen LogP contribution in [0.1, 0.15) is 6.92 Å². The maximum atomic E-state index is 12.1. The van der Waals surface area contributed by atoms with E-state index in [1.807, 2.05) is 31.2 Å². The number of amides is 2. The summed E-state index contributed by atoms with van der Waals surface area (Å²) in [5, 5.41) is 8.81. The van der Waals surface area contributed by atoms with Gasteiger partial charge >= 0.3 is 6.03 Å². The Morgan fingerprint density at radius 3 is 2.86 bits per heavy atom. The first-order valence-corrected chi connectivity index (χ1v) is 9.41. The fourth-order valence-electron chi connectivity index (χ4n) is 2.79. The first-order chi connectivity index (χ1) is 13.8. The van der Waals surface area contributed by atoms with Gasteiger partial charge < -0.3 is 30.3 Å². The summed E-state index contributed by atoms with van der Waals surface area (Å²) in [4.78, 5) is 22.8. The number of ether oxygens (including phenoxy) is 2. The first-order valence-electron chi connectivity index (χ1n) is 9.41. The Kier molecular flexibility index (Phi) is 7.25. The van der Waals surface area contributed by atoms with Crippen molar-refractivity contribution in [3.05, 3.63) is 36.7 Å². The lowest BCUT2D eigenvalue weighted by molar-refractivity contribution is 0.122. The van der Waals surface area contributed by atoms with Crippen molar-refractivity contribution in [1.29, 1.82) is 0 Å². The summed E-state index contributed by atoms with van der Waals surface area (Å²) in [6.45, 7) is 6.48. The second kappa shape index (κ2) is 10.3. The van der Waals surface area contributed by atoms with E-state index >= 15 is 0 Å². The Labute approximate surface area is 164 Å². The molecular weight excluding hydrogens is 360 g/mol. The van der Waals surface area contributed by atoms with Crippen molar-refractivity contribution in [3.8, 4) is 5.75 Å². The quantitative estimate of drug-likeness (QED) is 0.596. The van der Waals surface area contributed by atoms with E-state index in [1.165, 1.54) is 6.33 Å². The van der Waals surface area contributed by atoms with E-state index in [4.69, 9.17) is 9.47 Å². The molecule has 1 aromatic heterocycles. The third-order valence-corrected chi connectivity index (χ3v) is 4.14. The molecule has 0 spiro atoms. The van der Waals surface area contributed by atoms with Gasteiger partial charge in [-0.25, -0.2) is 14.8 Å². The van der Waals surface area contributed by atoms with Crippen molar-refractivity contribution >= 4 is 23.4 Å². The van der Waals surface area contributed by atoms with Crippen LogP contribution in [0.25, 0.3) is 0 Å². The summed E-state index contributed by atoms with van der Waals surface area (Å²) in [6, 6.07) is 8.96. The highest BCUT2D eigenvalue weighted by atomic mass is 16.5. The Bertz CT molecular complexity index is 767. The lowest BCUT2D eigenvalue weighted by atomic mass is 10.3. The van der Waals surface area contributed by atoms with Crippen LogP contribution in [0.15, 0.2) is 36.7 Å². The van der Waals surface area contributed by atoms with Crippen molar-refractivity contribution < 1.29 is 14.3 Å². The van der Waals surface area contributed by atoms with Gasteiger partial charge in [-0.1, -0.05) is 12.1 Å². The van der Waals surface area contributed by atoms with Gasteiger partial charge in [0.1, 0.15) is 23.7 Å². The molecule has 0 bridgehead atoms. The topological polar surface area (TPSA) is 101 Å². The fourth-order valence-corrected chi connectivity index (χ4v) is 2.79. The molecule has 9 nitrogen and oxygen atoms in total. The summed E-state index contributed by atoms with van der Waals surface area (Å²) in [6.07, 6.45) is 1.54. The Morgan fingerprint density at radius 1 is 1.21 bits per heavy atom. The van der Waals surface area contributed by atoms with Crippen LogP contribution in [0, 0.1) is 0 Å². The van der Waals surface area contributed by atoms with Gasteiger partial charge in [0, 0.05) is 32.2 Å². The van der Waals surface area contributed by atoms with E-state index in [1.54, 1.807) is 6.07 Å². The van der Waals surface area contributed by atoms with E-state index in [9.17, 15) is 4.79 Å². The standard InChI is InChI=1S/C19H26N6O3/c1-2-28-16-6-4-3-5-15(16)24-19(26)21-8-7-20-17-13-18(23-14-22-17)25-9-11-27-12-10-25/h3-6,13-14H,2,7-12H2,1H3,(H,20,22,23)(H2,21,24,26). The SMILES string of the molecule is CCOc1ccccc1NC(=O)NCCNc1cc(N2CCOCC2)ncn1. The number of urea groups is 1. The van der Waals surface area contributed by atoms with Crippen LogP contribution in [-0.4, -0.2) is 62.0 Å². The van der Waals surface area contributed by atoms with Gasteiger partial charge in [0.15, 0.2) is 0 Å². The molecule has 9 heteroatoms. The van der Waals surface area contributed by atoms with Gasteiger partial charge in [0.05, 0.1) is 25.5 Å². The molecule has 2 amide bonds. The van der Waals surface area contributed by atoms with E-state index < -0.39 is 0 Å². The van der Waals surface area contributed by atoms with Crippen molar-refractivity contribution in [3.63, 3.8) is 0 Å². The molecule has 3 N–H and O–H groups in total. The van der Waals surface area contributed by atoms with Crippen LogP contribution in [0.4, 0.5) is 22.1 Å². The first kappa shape index (κ1) is 19.7. The summed E-state index contributed by atoms with van der Waals surface area (Å²) < 4.78 is 10.9. The molecule has 1 saturated heterocycles. The molecule has 0 atom stereocenters. The molecule has 1 aliphatic heterocycles. The van der Waals surface area contributed by atoms with Crippen molar-refractivity contribution in [2.45, 2.75) is 6.92 Å². The van der Waals surface area contributed by atoms with Gasteiger partial charge in [0.25, 0.3) is 0 Å². The van der Waals surface area contributed by atoms with Crippen LogP contribution in [-0.2, 0) is 4.74 Å². The number of hydrogen-bond acceptors (Lipinski definition) is 7. The average Bonchev–Trinajstić information content (AvgIpc) is 2.74. The molecule has 0 unspecified atom stereocenters. The highest BCUT2D eigenvalue weighted by molar-refractivity contribution is 5.90. The van der Waals surface area contributed by atoms with Gasteiger partial charge in [0.2, 0.25) is 0 Å². The lowest BCUT2D eigenvalue weighted by Crippen LogP contribution is -2.36. The number of carbonyl (C=O) groups excluding carboxylic acids is 1. The summed E-state index contributed by atoms with van der Waals surface area (Å²) >= 11 is 0. The van der Waals surface area contributed by atoms with E-state index in [0.717, 1.165) is 24.7 Å². The Morgan fingerprint density at radius 2 is 2.04 bits per heavy atom. The molecule has 2 heterocycles. The van der Waals surface area contributed by atoms with Gasteiger partial charge in [-0.05, 0) is 19.1 Å². The largest absolute Gasteiger partial charge is 0.492 e. The van der Waals surface area contributed by atoms with E-state index in [0.29, 0.717) is 44.3 Å². The fraction of sp³-hybridized carbons (Fsp3) is 0.421. The van der Waals surface area contributed by atoms with Crippen LogP contribution in [0.2, 0.25) is 0 Å². The maximum Gasteiger partial charge on any atom is 0.319 e. The minimum absolute atomic E-state index is 0.286. The van der Waals surface area contributed by atoms with Gasteiger partial charge in [-0.15, -0.1) is 0 Å². The number of para-hydroxylation sites is 2. The smallest absolute Gasteiger partial charge is 0.319 e. The Balaban J connectivity index is 1.42. The third-order valence-electron chi connectivity index (χ3n) is 4.14. The number of morpholine rings is 1. The van der Waals surface area contributed by atoms with Crippen molar-refractivity contribution in [2.75, 3.05) is 61.5 Å². The molecule has 150 valence electrons. The van der Waals surface area contributed by atoms with Crippen LogP contribution in [0.5, 0.6) is 5.75 Å². The zero-order valence-corrected chi connectivity index (χ0v) is 16.0. The highest BCUT2D eigenvalue weighted by Crippen LogP contribution is 2.23. The molecule has 3 rings (SSSR count). The molecule has 1 aromatic carbocycles. The molecular formula is C19H26N6O3. The average molecular weight is 386 g/mol. The second-order valence-electron chi connectivity index (χ2n) is 6.10. The molecule has 1 aliphatic rings. The number of nitrogens with zero attached hydrogens (tertiary/aromatic N) is 3. The molecule has 0 aliphatic carbocycles. The molecule has 1 fully saturated rings. The highest BCUT2D eigenvalue weighted by Gasteiger charge is 2.13. The predicted molar refractivity (Wildman–Crippen MR) is 108 cm³/mol. The zero-order chi connectivity index (χ0) is 19.6. The number of hydrogen-bond donors (Lipinski definition) is 3. The number of rotatable bonds is 8. The maximum absolute atomic E-state index is 12.1. The summed E-state index contributed by atoms with van der Waals surface area (Å²) in [5.74, 6) is 2.24. The lowest BCUT2D eigenvalue weighted by Gasteiger charge is -2.27. The van der Waals surface area contributed by atoms with Crippen molar-refractivity contribution in [1.82, 2.24) is 15.3 Å². The number of anilines is 3. The minimum Gasteiger partial charge on any atom is -0.492 e. The normalized spacial score (nSPS) is 13.7. The minimum atomic E-state index is -0.286. The molecule has 2 aromatic rings. The van der Waals surface area contributed by atoms with Crippen molar-refractivity contribution in [2.24, 2.45) is 0 Å². The Hall–Kier alpha value is -3.07. The number of nitrogens with one attached hydrogen (secondary N) is 3. The predicted octanol–water partition coefficient (Wildman–Crippen LogP) is 1.95. The van der Waals surface area contributed by atoms with E-state index in [-0.39, 0.29) is 6.03 Å². The number of benzene rings is 1. The monoisotopic (exact) mass is 386 g/mol. The zero-order valence-electron chi connectivity index (χ0n) is 16.0. The van der Waals surface area contributed by atoms with Gasteiger partial charge in [-0.3, -0.25) is 0 Å². The molecule has 0 radical (unpaired) electrons. The molecule has 0 saturated carbocycles. The second-order valence-corrected chi connectivity index (χ2v) is 6.10. The summed E-state index contributed by atoms with van der Waals surface area (Å²) in [5.41, 5.74) is 0.640. The molecule has 28 heavy (non-hydrogen) atoms. The number of aromatic nitrogens is 2. The van der Waals surface area contributed by atoms with Crippen LogP contribution >= 0.6 is 0 Å².